The summed E-state index contributed by atoms with van der Waals surface area (Å²) >= 11 is 7.23. The highest BCUT2D eigenvalue weighted by Gasteiger charge is 2.53. The van der Waals surface area contributed by atoms with Gasteiger partial charge in [0.25, 0.3) is 0 Å². The smallest absolute Gasteiger partial charge is 0.408 e. The van der Waals surface area contributed by atoms with E-state index < -0.39 is 49.9 Å². The van der Waals surface area contributed by atoms with E-state index in [0.717, 1.165) is 18.4 Å². The Morgan fingerprint density at radius 3 is 2.73 bits per heavy atom. The molecule has 3 N–H and O–H groups in total. The second-order valence-electron chi connectivity index (χ2n) is 12.7. The second kappa shape index (κ2) is 11.9. The molecule has 0 bridgehead atoms. The highest BCUT2D eigenvalue weighted by atomic mass is 32.9. The Bertz CT molecular complexity index is 1260. The monoisotopic (exact) mass is 630 g/mol. The number of nitrogen functional groups attached to an aromatic ring is 1. The highest BCUT2D eigenvalue weighted by Crippen LogP contribution is 2.55. The van der Waals surface area contributed by atoms with Crippen LogP contribution in [0.5, 0.6) is 0 Å². The van der Waals surface area contributed by atoms with E-state index in [1.807, 2.05) is 13.8 Å². The number of allylic oxidation sites excluding steroid dienone is 1. The number of ether oxygens (including phenoxy) is 1. The first kappa shape index (κ1) is 31.9. The van der Waals surface area contributed by atoms with Crippen molar-refractivity contribution < 1.29 is 23.2 Å². The molecule has 2 aromatic heterocycles. The summed E-state index contributed by atoms with van der Waals surface area (Å²) in [6, 6.07) is 0. The Morgan fingerprint density at radius 2 is 2.10 bits per heavy atom. The van der Waals surface area contributed by atoms with Crippen LogP contribution in [0.25, 0.3) is 11.2 Å². The van der Waals surface area contributed by atoms with E-state index in [1.54, 1.807) is 4.57 Å². The number of imidazole rings is 1. The van der Waals surface area contributed by atoms with Gasteiger partial charge >= 0.3 is 6.13 Å². The second-order valence-corrected chi connectivity index (χ2v) is 22.5. The molecule has 2 aliphatic rings. The lowest BCUT2D eigenvalue weighted by Gasteiger charge is -2.39. The van der Waals surface area contributed by atoms with Gasteiger partial charge in [0.2, 0.25) is 11.8 Å². The molecule has 14 heteroatoms. The Kier molecular flexibility index (Phi) is 9.49. The molecule has 222 valence electrons. The zero-order chi connectivity index (χ0) is 29.6. The molecule has 2 unspecified atom stereocenters. The quantitative estimate of drug-likeness (QED) is 0.193. The van der Waals surface area contributed by atoms with E-state index in [9.17, 15) is 5.11 Å². The number of fused-ring (bicyclic) bond motifs is 1. The van der Waals surface area contributed by atoms with Gasteiger partial charge in [0.15, 0.2) is 32.2 Å². The van der Waals surface area contributed by atoms with Gasteiger partial charge < -0.3 is 20.0 Å². The maximum Gasteiger partial charge on any atom is 0.415 e. The van der Waals surface area contributed by atoms with Crippen LogP contribution in [0.15, 0.2) is 24.8 Å². The molecular formula is C26H42FN5O4PS2Si+. The summed E-state index contributed by atoms with van der Waals surface area (Å²) in [7, 11) is -2.37. The fourth-order valence-electron chi connectivity index (χ4n) is 4.92. The summed E-state index contributed by atoms with van der Waals surface area (Å²) in [4.78, 5) is 12.5. The van der Waals surface area contributed by atoms with E-state index in [-0.39, 0.29) is 17.5 Å². The van der Waals surface area contributed by atoms with Gasteiger partial charge in [-0.15, -0.1) is 0 Å². The number of alkyl halides is 1. The molecule has 2 aromatic rings. The SMILES string of the molecule is C=C(C)[C@@H]1CC[C@](C)(S[P+](=S)OC[C@H]2O[C@@H](n3cnc4c(N)ncnc43)[C@H](F)C2O[Si](C)(C)C(C)(C)C)[C@@H](O)C1. The first-order chi connectivity index (χ1) is 18.5. The van der Waals surface area contributed by atoms with Gasteiger partial charge in [-0.1, -0.05) is 32.9 Å². The van der Waals surface area contributed by atoms with E-state index in [0.29, 0.717) is 23.5 Å². The van der Waals surface area contributed by atoms with Crippen LogP contribution in [0.1, 0.15) is 60.1 Å². The summed E-state index contributed by atoms with van der Waals surface area (Å²) in [6.45, 7) is 18.7. The maximum absolute atomic E-state index is 16.3. The molecular weight excluding hydrogens is 589 g/mol. The molecule has 1 aliphatic heterocycles. The molecule has 2 fully saturated rings. The molecule has 3 heterocycles. The lowest BCUT2D eigenvalue weighted by molar-refractivity contribution is -0.0377. The number of anilines is 1. The van der Waals surface area contributed by atoms with Gasteiger partial charge in [0.1, 0.15) is 42.0 Å². The molecule has 1 saturated heterocycles. The number of nitrogens with zero attached hydrogens (tertiary/aromatic N) is 4. The van der Waals surface area contributed by atoms with Crippen molar-refractivity contribution in [3.05, 3.63) is 24.8 Å². The van der Waals surface area contributed by atoms with Crippen molar-refractivity contribution in [3.63, 3.8) is 0 Å². The zero-order valence-electron chi connectivity index (χ0n) is 24.3. The summed E-state index contributed by atoms with van der Waals surface area (Å²) < 4.78 is 36.4. The Morgan fingerprint density at radius 1 is 1.40 bits per heavy atom. The average Bonchev–Trinajstić information content (AvgIpc) is 3.40. The van der Waals surface area contributed by atoms with Crippen LogP contribution in [-0.2, 0) is 25.5 Å². The third kappa shape index (κ3) is 6.46. The first-order valence-corrected chi connectivity index (χ1v) is 20.2. The van der Waals surface area contributed by atoms with Crippen molar-refractivity contribution in [2.45, 2.75) is 107 Å². The minimum absolute atomic E-state index is 0.0722. The molecule has 1 aliphatic carbocycles. The molecule has 1 saturated carbocycles. The van der Waals surface area contributed by atoms with Crippen molar-refractivity contribution in [1.29, 1.82) is 0 Å². The Hall–Kier alpha value is -1.05. The largest absolute Gasteiger partial charge is 0.415 e. The topological polar surface area (TPSA) is 118 Å². The van der Waals surface area contributed by atoms with Crippen molar-refractivity contribution >= 4 is 54.6 Å². The molecule has 0 aromatic carbocycles. The van der Waals surface area contributed by atoms with Gasteiger partial charge in [-0.25, -0.2) is 19.3 Å². The third-order valence-electron chi connectivity index (χ3n) is 8.69. The zero-order valence-corrected chi connectivity index (χ0v) is 27.9. The van der Waals surface area contributed by atoms with E-state index in [2.05, 4.69) is 55.4 Å². The van der Waals surface area contributed by atoms with Gasteiger partial charge in [-0.2, -0.15) is 4.52 Å². The van der Waals surface area contributed by atoms with Gasteiger partial charge in [-0.05, 0) is 57.2 Å². The lowest BCUT2D eigenvalue weighted by atomic mass is 9.77. The lowest BCUT2D eigenvalue weighted by Crippen LogP contribution is -2.49. The van der Waals surface area contributed by atoms with Crippen molar-refractivity contribution in [1.82, 2.24) is 19.5 Å². The number of halogens is 1. The number of hydrogen-bond acceptors (Lipinski definition) is 10. The molecule has 9 nitrogen and oxygen atoms in total. The van der Waals surface area contributed by atoms with E-state index in [1.165, 1.54) is 24.0 Å². The number of rotatable bonds is 9. The summed E-state index contributed by atoms with van der Waals surface area (Å²) in [5.41, 5.74) is 7.83. The van der Waals surface area contributed by atoms with Crippen LogP contribution in [0.3, 0.4) is 0 Å². The van der Waals surface area contributed by atoms with Crippen LogP contribution < -0.4 is 5.73 Å². The van der Waals surface area contributed by atoms with Crippen LogP contribution in [-0.4, -0.2) is 68.8 Å². The minimum Gasteiger partial charge on any atom is -0.408 e. The van der Waals surface area contributed by atoms with Crippen molar-refractivity contribution in [3.8, 4) is 0 Å². The summed E-state index contributed by atoms with van der Waals surface area (Å²) in [5.74, 6) is 0.534. The van der Waals surface area contributed by atoms with Crippen LogP contribution in [0, 0.1) is 5.92 Å². The fraction of sp³-hybridized carbons (Fsp3) is 0.731. The van der Waals surface area contributed by atoms with Crippen molar-refractivity contribution in [2.24, 2.45) is 5.92 Å². The number of aliphatic hydroxyl groups excluding tert-OH is 1. The normalized spacial score (nSPS) is 32.0. The first-order valence-electron chi connectivity index (χ1n) is 13.6. The number of nitrogens with two attached hydrogens (primary N) is 1. The van der Waals surface area contributed by atoms with Gasteiger partial charge in [-0.3, -0.25) is 4.57 Å². The maximum atomic E-state index is 16.3. The molecule has 0 radical (unpaired) electrons. The highest BCUT2D eigenvalue weighted by molar-refractivity contribution is 8.63. The molecule has 0 spiro atoms. The molecule has 8 atom stereocenters. The van der Waals surface area contributed by atoms with E-state index >= 15 is 4.39 Å². The molecule has 4 rings (SSSR count). The van der Waals surface area contributed by atoms with Crippen LogP contribution in [0.2, 0.25) is 18.1 Å². The Balaban J connectivity index is 1.51. The molecule has 0 amide bonds. The standard InChI is InChI=1S/C26H42FN5O4PS2Si/c1-15(2)16-9-10-26(6,18(33)11-16)39-37(38)34-12-17-21(36-40(7,8)25(3,4)5)19(27)24(35-17)32-14-31-20-22(28)29-13-30-23(20)32/h13-14,16-19,21,24,33H,1,9-12H2,2-8H3,(H2,28,29,30)/q+1/t16-,17-,18+,19-,21?,24-,26+/m1/s1. The van der Waals surface area contributed by atoms with Crippen LogP contribution >= 0.6 is 17.5 Å². The minimum atomic E-state index is -2.37. The van der Waals surface area contributed by atoms with Gasteiger partial charge in [0, 0.05) is 0 Å². The summed E-state index contributed by atoms with van der Waals surface area (Å²) in [6.07, 6.45) is -0.746. The van der Waals surface area contributed by atoms with Gasteiger partial charge in [0.05, 0.1) is 17.2 Å². The predicted octanol–water partition coefficient (Wildman–Crippen LogP) is 6.05. The summed E-state index contributed by atoms with van der Waals surface area (Å²) in [5, 5.41) is 10.8. The predicted molar refractivity (Wildman–Crippen MR) is 165 cm³/mol. The van der Waals surface area contributed by atoms with Crippen molar-refractivity contribution in [2.75, 3.05) is 12.3 Å². The van der Waals surface area contributed by atoms with E-state index in [4.69, 9.17) is 31.2 Å². The average molecular weight is 631 g/mol. The number of aliphatic hydroxyl groups is 1. The number of aromatic nitrogens is 4. The fourth-order valence-corrected chi connectivity index (χ4v) is 11.0. The van der Waals surface area contributed by atoms with Crippen LogP contribution in [0.4, 0.5) is 10.2 Å². The Labute approximate surface area is 247 Å². The third-order valence-corrected chi connectivity index (χ3v) is 17.6. The number of hydrogen-bond donors (Lipinski definition) is 2. The molecule has 40 heavy (non-hydrogen) atoms.